The van der Waals surface area contributed by atoms with Gasteiger partial charge in [-0.05, 0) is 25.0 Å². The molecule has 1 aliphatic rings. The van der Waals surface area contributed by atoms with Crippen LogP contribution in [0.4, 0.5) is 5.69 Å². The summed E-state index contributed by atoms with van der Waals surface area (Å²) in [6.45, 7) is 0.712. The molecule has 1 aliphatic carbocycles. The van der Waals surface area contributed by atoms with Gasteiger partial charge in [-0.25, -0.2) is 0 Å². The lowest BCUT2D eigenvalue weighted by molar-refractivity contribution is 0.233. The predicted octanol–water partition coefficient (Wildman–Crippen LogP) is 2.80. The number of methoxy groups -OCH3 is 1. The highest BCUT2D eigenvalue weighted by atomic mass is 16.5. The minimum absolute atomic E-state index is 0.152. The van der Waals surface area contributed by atoms with Crippen molar-refractivity contribution in [1.82, 2.24) is 0 Å². The number of ether oxygens (including phenoxy) is 1. The van der Waals surface area contributed by atoms with Gasteiger partial charge in [-0.15, -0.1) is 0 Å². The lowest BCUT2D eigenvalue weighted by atomic mass is 9.70. The van der Waals surface area contributed by atoms with Gasteiger partial charge in [0.05, 0.1) is 24.3 Å². The third-order valence-corrected chi connectivity index (χ3v) is 3.27. The van der Waals surface area contributed by atoms with Gasteiger partial charge in [-0.2, -0.15) is 5.26 Å². The van der Waals surface area contributed by atoms with Gasteiger partial charge in [-0.1, -0.05) is 18.6 Å². The largest absolute Gasteiger partial charge is 0.495 e. The summed E-state index contributed by atoms with van der Waals surface area (Å²) in [4.78, 5) is 0. The molecule has 0 heterocycles. The van der Waals surface area contributed by atoms with Crippen LogP contribution in [0, 0.1) is 16.7 Å². The summed E-state index contributed by atoms with van der Waals surface area (Å²) in [7, 11) is 1.66. The van der Waals surface area contributed by atoms with Gasteiger partial charge < -0.3 is 10.1 Å². The maximum absolute atomic E-state index is 9.12. The fourth-order valence-electron chi connectivity index (χ4n) is 1.99. The predicted molar refractivity (Wildman–Crippen MR) is 63.4 cm³/mol. The van der Waals surface area contributed by atoms with E-state index >= 15 is 0 Å². The average molecular weight is 216 g/mol. The average Bonchev–Trinajstić information content (AvgIpc) is 2.29. The Balaban J connectivity index is 2.02. The molecule has 0 aliphatic heterocycles. The van der Waals surface area contributed by atoms with E-state index in [2.05, 4.69) is 11.4 Å². The summed E-state index contributed by atoms with van der Waals surface area (Å²) < 4.78 is 5.25. The maximum Gasteiger partial charge on any atom is 0.141 e. The normalized spacial score (nSPS) is 17.0. The molecule has 1 aromatic rings. The first-order valence-corrected chi connectivity index (χ1v) is 5.58. The molecule has 0 radical (unpaired) electrons. The Morgan fingerprint density at radius 3 is 2.75 bits per heavy atom. The highest BCUT2D eigenvalue weighted by Crippen LogP contribution is 2.40. The molecule has 0 unspecified atom stereocenters. The van der Waals surface area contributed by atoms with Crippen molar-refractivity contribution in [2.24, 2.45) is 5.41 Å². The molecule has 16 heavy (non-hydrogen) atoms. The Kier molecular flexibility index (Phi) is 3.00. The third-order valence-electron chi connectivity index (χ3n) is 3.27. The topological polar surface area (TPSA) is 45.0 Å². The molecule has 0 bridgehead atoms. The zero-order chi connectivity index (χ0) is 11.4. The minimum atomic E-state index is -0.152. The molecule has 1 aromatic carbocycles. The zero-order valence-electron chi connectivity index (χ0n) is 9.49. The lowest BCUT2D eigenvalue weighted by Gasteiger charge is -2.35. The van der Waals surface area contributed by atoms with Gasteiger partial charge in [0.1, 0.15) is 5.75 Å². The van der Waals surface area contributed by atoms with Crippen LogP contribution in [0.2, 0.25) is 0 Å². The monoisotopic (exact) mass is 216 g/mol. The highest BCUT2D eigenvalue weighted by Gasteiger charge is 2.36. The Morgan fingerprint density at radius 2 is 2.19 bits per heavy atom. The van der Waals surface area contributed by atoms with E-state index in [4.69, 9.17) is 10.00 Å². The number of hydrogen-bond donors (Lipinski definition) is 1. The summed E-state index contributed by atoms with van der Waals surface area (Å²) >= 11 is 0. The number of para-hydroxylation sites is 2. The number of hydrogen-bond acceptors (Lipinski definition) is 3. The van der Waals surface area contributed by atoms with Crippen LogP contribution < -0.4 is 10.1 Å². The van der Waals surface area contributed by atoms with Crippen molar-refractivity contribution in [1.29, 1.82) is 5.26 Å². The summed E-state index contributed by atoms with van der Waals surface area (Å²) in [6, 6.07) is 10.2. The number of nitrogens with zero attached hydrogens (tertiary/aromatic N) is 1. The van der Waals surface area contributed by atoms with Crippen molar-refractivity contribution in [2.75, 3.05) is 19.0 Å². The molecular weight excluding hydrogens is 200 g/mol. The standard InChI is InChI=1S/C13H16N2O/c1-16-12-6-3-2-5-11(12)15-10-13(9-14)7-4-8-13/h2-3,5-6,15H,4,7-8,10H2,1H3. The Bertz CT molecular complexity index is 405. The van der Waals surface area contributed by atoms with E-state index < -0.39 is 0 Å². The van der Waals surface area contributed by atoms with Crippen LogP contribution >= 0.6 is 0 Å². The number of nitrogens with one attached hydrogen (secondary N) is 1. The van der Waals surface area contributed by atoms with Crippen LogP contribution in [0.5, 0.6) is 5.75 Å². The van der Waals surface area contributed by atoms with E-state index in [-0.39, 0.29) is 5.41 Å². The Morgan fingerprint density at radius 1 is 1.44 bits per heavy atom. The van der Waals surface area contributed by atoms with Crippen molar-refractivity contribution in [3.8, 4) is 11.8 Å². The van der Waals surface area contributed by atoms with Crippen LogP contribution in [-0.4, -0.2) is 13.7 Å². The summed E-state index contributed by atoms with van der Waals surface area (Å²) in [5.74, 6) is 0.829. The molecule has 3 heteroatoms. The van der Waals surface area contributed by atoms with Crippen LogP contribution in [-0.2, 0) is 0 Å². The zero-order valence-corrected chi connectivity index (χ0v) is 9.49. The second-order valence-corrected chi connectivity index (χ2v) is 4.30. The first-order valence-electron chi connectivity index (χ1n) is 5.58. The molecule has 0 spiro atoms. The molecule has 1 saturated carbocycles. The number of benzene rings is 1. The van der Waals surface area contributed by atoms with Crippen LogP contribution in [0.3, 0.4) is 0 Å². The highest BCUT2D eigenvalue weighted by molar-refractivity contribution is 5.56. The molecule has 84 valence electrons. The first kappa shape index (κ1) is 10.8. The minimum Gasteiger partial charge on any atom is -0.495 e. The van der Waals surface area contributed by atoms with Crippen LogP contribution in [0.15, 0.2) is 24.3 Å². The van der Waals surface area contributed by atoms with Crippen molar-refractivity contribution in [2.45, 2.75) is 19.3 Å². The Labute approximate surface area is 96.0 Å². The maximum atomic E-state index is 9.12. The number of nitriles is 1. The molecule has 0 atom stereocenters. The summed E-state index contributed by atoms with van der Waals surface area (Å²) in [6.07, 6.45) is 3.18. The molecule has 1 N–H and O–H groups in total. The third kappa shape index (κ3) is 1.96. The van der Waals surface area contributed by atoms with E-state index in [0.717, 1.165) is 24.3 Å². The number of anilines is 1. The van der Waals surface area contributed by atoms with Gasteiger partial charge in [0.2, 0.25) is 0 Å². The first-order chi connectivity index (χ1) is 7.79. The van der Waals surface area contributed by atoms with Gasteiger partial charge in [-0.3, -0.25) is 0 Å². The van der Waals surface area contributed by atoms with E-state index in [1.165, 1.54) is 6.42 Å². The van der Waals surface area contributed by atoms with Gasteiger partial charge in [0.25, 0.3) is 0 Å². The molecule has 3 nitrogen and oxygen atoms in total. The van der Waals surface area contributed by atoms with E-state index in [1.807, 2.05) is 24.3 Å². The van der Waals surface area contributed by atoms with Crippen molar-refractivity contribution >= 4 is 5.69 Å². The van der Waals surface area contributed by atoms with Gasteiger partial charge >= 0.3 is 0 Å². The SMILES string of the molecule is COc1ccccc1NCC1(C#N)CCC1. The van der Waals surface area contributed by atoms with Crippen LogP contribution in [0.1, 0.15) is 19.3 Å². The Hall–Kier alpha value is -1.69. The van der Waals surface area contributed by atoms with Crippen molar-refractivity contribution in [3.05, 3.63) is 24.3 Å². The van der Waals surface area contributed by atoms with Gasteiger partial charge in [0, 0.05) is 6.54 Å². The quantitative estimate of drug-likeness (QED) is 0.841. The molecule has 1 fully saturated rings. The second kappa shape index (κ2) is 4.44. The molecular formula is C13H16N2O. The lowest BCUT2D eigenvalue weighted by Crippen LogP contribution is -2.35. The molecule has 2 rings (SSSR count). The van der Waals surface area contributed by atoms with E-state index in [1.54, 1.807) is 7.11 Å². The molecule has 0 saturated heterocycles. The smallest absolute Gasteiger partial charge is 0.141 e. The fraction of sp³-hybridized carbons (Fsp3) is 0.462. The van der Waals surface area contributed by atoms with Crippen molar-refractivity contribution < 1.29 is 4.74 Å². The summed E-state index contributed by atoms with van der Waals surface area (Å²) in [5, 5.41) is 12.4. The molecule has 0 amide bonds. The van der Waals surface area contributed by atoms with Crippen LogP contribution in [0.25, 0.3) is 0 Å². The van der Waals surface area contributed by atoms with E-state index in [0.29, 0.717) is 6.54 Å². The molecule has 0 aromatic heterocycles. The van der Waals surface area contributed by atoms with Gasteiger partial charge in [0.15, 0.2) is 0 Å². The summed E-state index contributed by atoms with van der Waals surface area (Å²) in [5.41, 5.74) is 0.812. The second-order valence-electron chi connectivity index (χ2n) is 4.30. The fourth-order valence-corrected chi connectivity index (χ4v) is 1.99. The van der Waals surface area contributed by atoms with Crippen molar-refractivity contribution in [3.63, 3.8) is 0 Å². The number of rotatable bonds is 4. The van der Waals surface area contributed by atoms with E-state index in [9.17, 15) is 0 Å².